The van der Waals surface area contributed by atoms with E-state index in [0.29, 0.717) is 24.3 Å². The average molecular weight is 414 g/mol. The zero-order valence-electron chi connectivity index (χ0n) is 18.4. The number of hydrogen-bond acceptors (Lipinski definition) is 4. The number of nitrogens with one attached hydrogen (secondary N) is 1. The summed E-state index contributed by atoms with van der Waals surface area (Å²) in [6, 6.07) is 8.33. The maximum atomic E-state index is 12.7. The van der Waals surface area contributed by atoms with Crippen molar-refractivity contribution in [3.8, 4) is 0 Å². The van der Waals surface area contributed by atoms with Gasteiger partial charge in [0.1, 0.15) is 0 Å². The van der Waals surface area contributed by atoms with E-state index in [0.717, 1.165) is 76.0 Å². The highest BCUT2D eigenvalue weighted by atomic mass is 16.5. The van der Waals surface area contributed by atoms with Crippen molar-refractivity contribution in [3.05, 3.63) is 29.8 Å². The third-order valence-corrected chi connectivity index (χ3v) is 7.15. The van der Waals surface area contributed by atoms with E-state index in [1.807, 2.05) is 29.2 Å². The summed E-state index contributed by atoms with van der Waals surface area (Å²) in [5.74, 6) is 0.801. The van der Waals surface area contributed by atoms with Gasteiger partial charge >= 0.3 is 0 Å². The first-order chi connectivity index (χ1) is 14.5. The average Bonchev–Trinajstić information content (AvgIpc) is 3.59. The summed E-state index contributed by atoms with van der Waals surface area (Å²) in [7, 11) is 1.77. The Morgan fingerprint density at radius 3 is 2.23 bits per heavy atom. The summed E-state index contributed by atoms with van der Waals surface area (Å²) < 4.78 is 5.58. The molecule has 1 aromatic rings. The fraction of sp³-hybridized carbons (Fsp3) is 0.667. The lowest BCUT2D eigenvalue weighted by Crippen LogP contribution is -2.46. The van der Waals surface area contributed by atoms with Crippen molar-refractivity contribution in [1.29, 1.82) is 0 Å². The van der Waals surface area contributed by atoms with E-state index < -0.39 is 0 Å². The van der Waals surface area contributed by atoms with E-state index in [1.165, 1.54) is 0 Å². The van der Waals surface area contributed by atoms with Crippen LogP contribution in [0.15, 0.2) is 24.3 Å². The number of benzene rings is 1. The Morgan fingerprint density at radius 1 is 1.03 bits per heavy atom. The van der Waals surface area contributed by atoms with Gasteiger partial charge in [-0.05, 0) is 75.6 Å². The number of piperidine rings is 2. The van der Waals surface area contributed by atoms with E-state index in [9.17, 15) is 9.59 Å². The van der Waals surface area contributed by atoms with Crippen LogP contribution in [0.4, 0.5) is 5.69 Å². The Kier molecular flexibility index (Phi) is 6.32. The monoisotopic (exact) mass is 413 g/mol. The molecule has 0 bridgehead atoms. The number of ether oxygens (including phenoxy) is 1. The molecular formula is C24H35N3O3. The number of anilines is 1. The molecular weight excluding hydrogens is 378 g/mol. The zero-order chi connectivity index (χ0) is 21.1. The number of carbonyl (C=O) groups excluding carboxylic acids is 2. The van der Waals surface area contributed by atoms with Gasteiger partial charge in [0.15, 0.2) is 0 Å². The maximum absolute atomic E-state index is 12.7. The molecule has 0 radical (unpaired) electrons. The van der Waals surface area contributed by atoms with Crippen molar-refractivity contribution >= 4 is 17.5 Å². The van der Waals surface area contributed by atoms with Gasteiger partial charge in [-0.25, -0.2) is 0 Å². The summed E-state index contributed by atoms with van der Waals surface area (Å²) in [5.41, 5.74) is 1.82. The molecule has 164 valence electrons. The van der Waals surface area contributed by atoms with Crippen molar-refractivity contribution in [2.45, 2.75) is 63.5 Å². The first kappa shape index (κ1) is 21.2. The lowest BCUT2D eigenvalue weighted by atomic mass is 9.90. The number of methoxy groups -OCH3 is 1. The van der Waals surface area contributed by atoms with Gasteiger partial charge in [0.2, 0.25) is 5.91 Å². The van der Waals surface area contributed by atoms with Crippen LogP contribution in [-0.2, 0) is 9.53 Å². The number of carbonyl (C=O) groups is 2. The predicted molar refractivity (Wildman–Crippen MR) is 118 cm³/mol. The molecule has 1 N–H and O–H groups in total. The van der Waals surface area contributed by atoms with Crippen LogP contribution < -0.4 is 10.2 Å². The molecule has 2 saturated heterocycles. The quantitative estimate of drug-likeness (QED) is 0.778. The van der Waals surface area contributed by atoms with Gasteiger partial charge in [0, 0.05) is 57.0 Å². The number of likely N-dealkylation sites (tertiary alicyclic amines) is 1. The first-order valence-electron chi connectivity index (χ1n) is 11.4. The van der Waals surface area contributed by atoms with Crippen molar-refractivity contribution in [2.24, 2.45) is 5.92 Å². The molecule has 30 heavy (non-hydrogen) atoms. The van der Waals surface area contributed by atoms with Crippen molar-refractivity contribution < 1.29 is 14.3 Å². The van der Waals surface area contributed by atoms with E-state index in [-0.39, 0.29) is 11.5 Å². The molecule has 4 rings (SSSR count). The van der Waals surface area contributed by atoms with Crippen LogP contribution in [0.2, 0.25) is 0 Å². The molecule has 6 nitrogen and oxygen atoms in total. The number of hydrogen-bond donors (Lipinski definition) is 1. The highest BCUT2D eigenvalue weighted by Crippen LogP contribution is 2.29. The molecule has 1 saturated carbocycles. The van der Waals surface area contributed by atoms with E-state index in [1.54, 1.807) is 7.11 Å². The molecule has 1 aromatic carbocycles. The minimum absolute atomic E-state index is 0.0322. The number of nitrogens with zero attached hydrogens (tertiary/aromatic N) is 2. The topological polar surface area (TPSA) is 61.9 Å². The van der Waals surface area contributed by atoms with Gasteiger partial charge in [0.25, 0.3) is 5.91 Å². The fourth-order valence-corrected chi connectivity index (χ4v) is 4.52. The molecule has 2 aliphatic heterocycles. The largest absolute Gasteiger partial charge is 0.378 e. The van der Waals surface area contributed by atoms with Crippen molar-refractivity contribution in [3.63, 3.8) is 0 Å². The summed E-state index contributed by atoms with van der Waals surface area (Å²) in [6.07, 6.45) is 6.79. The summed E-state index contributed by atoms with van der Waals surface area (Å²) in [5, 5.41) is 3.03. The molecule has 0 spiro atoms. The molecule has 0 aromatic heterocycles. The molecule has 0 unspecified atom stereocenters. The summed E-state index contributed by atoms with van der Waals surface area (Å²) in [6.45, 7) is 5.68. The molecule has 2 heterocycles. The zero-order valence-corrected chi connectivity index (χ0v) is 18.4. The standard InChI is InChI=1S/C24H35N3O3/c1-24(30-2)11-15-27(16-12-24)22(28)17-18-9-13-26(14-10-18)21-7-3-19(4-8-21)23(29)25-20-5-6-20/h3-4,7-8,18,20H,5-6,9-17H2,1-2H3,(H,25,29). The van der Waals surface area contributed by atoms with Crippen molar-refractivity contribution in [2.75, 3.05) is 38.2 Å². The van der Waals surface area contributed by atoms with Crippen LogP contribution in [0.25, 0.3) is 0 Å². The smallest absolute Gasteiger partial charge is 0.251 e. The van der Waals surface area contributed by atoms with Crippen LogP contribution in [-0.4, -0.2) is 61.6 Å². The van der Waals surface area contributed by atoms with E-state index in [4.69, 9.17) is 4.74 Å². The Balaban J connectivity index is 1.22. The third-order valence-electron chi connectivity index (χ3n) is 7.15. The second kappa shape index (κ2) is 8.96. The van der Waals surface area contributed by atoms with Crippen LogP contribution in [0.1, 0.15) is 62.2 Å². The predicted octanol–water partition coefficient (Wildman–Crippen LogP) is 3.21. The fourth-order valence-electron chi connectivity index (χ4n) is 4.52. The second-order valence-electron chi connectivity index (χ2n) is 9.46. The van der Waals surface area contributed by atoms with Gasteiger partial charge in [0.05, 0.1) is 5.60 Å². The van der Waals surface area contributed by atoms with Gasteiger partial charge in [-0.3, -0.25) is 9.59 Å². The normalized spacial score (nSPS) is 22.1. The van der Waals surface area contributed by atoms with Crippen LogP contribution in [0, 0.1) is 5.92 Å². The third kappa shape index (κ3) is 5.15. The Hall–Kier alpha value is -2.08. The van der Waals surface area contributed by atoms with Gasteiger partial charge in [-0.2, -0.15) is 0 Å². The maximum Gasteiger partial charge on any atom is 0.251 e. The number of amides is 2. The highest BCUT2D eigenvalue weighted by Gasteiger charge is 2.32. The van der Waals surface area contributed by atoms with Gasteiger partial charge in [-0.15, -0.1) is 0 Å². The summed E-state index contributed by atoms with van der Waals surface area (Å²) in [4.78, 5) is 29.3. The van der Waals surface area contributed by atoms with E-state index in [2.05, 4.69) is 17.1 Å². The minimum atomic E-state index is -0.0732. The Labute approximate surface area is 179 Å². The van der Waals surface area contributed by atoms with E-state index >= 15 is 0 Å². The molecule has 3 fully saturated rings. The van der Waals surface area contributed by atoms with Crippen molar-refractivity contribution in [1.82, 2.24) is 10.2 Å². The van der Waals surface area contributed by atoms with Gasteiger partial charge in [-0.1, -0.05) is 0 Å². The summed E-state index contributed by atoms with van der Waals surface area (Å²) >= 11 is 0. The molecule has 0 atom stereocenters. The first-order valence-corrected chi connectivity index (χ1v) is 11.4. The molecule has 1 aliphatic carbocycles. The Bertz CT molecular complexity index is 743. The van der Waals surface area contributed by atoms with Crippen LogP contribution >= 0.6 is 0 Å². The molecule has 2 amide bonds. The minimum Gasteiger partial charge on any atom is -0.378 e. The lowest BCUT2D eigenvalue weighted by molar-refractivity contribution is -0.137. The lowest BCUT2D eigenvalue weighted by Gasteiger charge is -2.39. The van der Waals surface area contributed by atoms with Gasteiger partial charge < -0.3 is 19.9 Å². The van der Waals surface area contributed by atoms with Crippen LogP contribution in [0.5, 0.6) is 0 Å². The highest BCUT2D eigenvalue weighted by molar-refractivity contribution is 5.94. The second-order valence-corrected chi connectivity index (χ2v) is 9.46. The molecule has 3 aliphatic rings. The Morgan fingerprint density at radius 2 is 1.67 bits per heavy atom. The SMILES string of the molecule is COC1(C)CCN(C(=O)CC2CCN(c3ccc(C(=O)NC4CC4)cc3)CC2)CC1. The van der Waals surface area contributed by atoms with Crippen LogP contribution in [0.3, 0.4) is 0 Å². The molecule has 6 heteroatoms. The number of rotatable bonds is 6.